The van der Waals surface area contributed by atoms with Crippen molar-refractivity contribution in [3.8, 4) is 0 Å². The average Bonchev–Trinajstić information content (AvgIpc) is 3.40. The molecule has 4 unspecified atom stereocenters. The van der Waals surface area contributed by atoms with Crippen LogP contribution < -0.4 is 21.3 Å². The second-order valence-corrected chi connectivity index (χ2v) is 12.4. The van der Waals surface area contributed by atoms with Gasteiger partial charge in [0, 0.05) is 31.1 Å². The number of carbonyl (C=O) groups is 5. The fourth-order valence-corrected chi connectivity index (χ4v) is 4.82. The van der Waals surface area contributed by atoms with Crippen molar-refractivity contribution in [1.82, 2.24) is 21.3 Å². The first-order chi connectivity index (χ1) is 21.3. The summed E-state index contributed by atoms with van der Waals surface area (Å²) in [6.07, 6.45) is 9.59. The number of carbonyl (C=O) groups excluding carboxylic acids is 4. The van der Waals surface area contributed by atoms with E-state index in [1.54, 1.807) is 0 Å². The summed E-state index contributed by atoms with van der Waals surface area (Å²) >= 11 is 0. The van der Waals surface area contributed by atoms with E-state index in [2.05, 4.69) is 87.1 Å². The van der Waals surface area contributed by atoms with E-state index in [1.807, 2.05) is 19.8 Å². The highest BCUT2D eigenvalue weighted by atomic mass is 16.5. The van der Waals surface area contributed by atoms with Crippen LogP contribution in [0.25, 0.3) is 0 Å². The number of nitrogens with one attached hydrogen (secondary N) is 4. The van der Waals surface area contributed by atoms with Gasteiger partial charge in [0.05, 0.1) is 18.2 Å². The summed E-state index contributed by atoms with van der Waals surface area (Å²) in [4.78, 5) is 48.9. The molecule has 1 saturated carbocycles. The lowest BCUT2D eigenvalue weighted by molar-refractivity contribution is -0.124. The Kier molecular flexibility index (Phi) is 26.3. The average molecular weight is 637 g/mol. The molecule has 11 nitrogen and oxygen atoms in total. The lowest BCUT2D eigenvalue weighted by Crippen LogP contribution is -2.40. The molecule has 1 heterocycles. The summed E-state index contributed by atoms with van der Waals surface area (Å²) in [6.45, 7) is 18.1. The van der Waals surface area contributed by atoms with E-state index < -0.39 is 0 Å². The highest BCUT2D eigenvalue weighted by Crippen LogP contribution is 2.22. The lowest BCUT2D eigenvalue weighted by atomic mass is 9.91. The molecule has 1 aromatic carbocycles. The van der Waals surface area contributed by atoms with Gasteiger partial charge >= 0.3 is 0 Å². The minimum atomic E-state index is -0.250. The molecule has 2 aliphatic rings. The zero-order chi connectivity index (χ0) is 34.7. The first kappa shape index (κ1) is 43.8. The molecule has 11 heteroatoms. The Morgan fingerprint density at radius 3 is 2.09 bits per heavy atom. The summed E-state index contributed by atoms with van der Waals surface area (Å²) in [5.74, 6) is 0.855. The van der Waals surface area contributed by atoms with Crippen molar-refractivity contribution in [3.63, 3.8) is 0 Å². The summed E-state index contributed by atoms with van der Waals surface area (Å²) in [5.41, 5.74) is 1.23. The molecule has 1 aromatic rings. The van der Waals surface area contributed by atoms with Crippen molar-refractivity contribution >= 4 is 31.5 Å². The van der Waals surface area contributed by atoms with Crippen LogP contribution in [0, 0.1) is 11.8 Å². The van der Waals surface area contributed by atoms with Gasteiger partial charge in [-0.25, -0.2) is 0 Å². The van der Waals surface area contributed by atoms with E-state index in [1.165, 1.54) is 37.7 Å². The molecule has 4 atom stereocenters. The molecule has 258 valence electrons. The number of carboxylic acid groups (broad SMARTS) is 1. The fraction of sp³-hybridized carbons (Fsp3) is 0.676. The van der Waals surface area contributed by atoms with Crippen LogP contribution in [0.4, 0.5) is 0 Å². The molecule has 0 radical (unpaired) electrons. The Bertz CT molecular complexity index is 906. The molecular formula is C34H60N4O7. The number of hydrogen-bond acceptors (Lipinski definition) is 7. The molecule has 1 aliphatic heterocycles. The minimum absolute atomic E-state index is 0.00525. The minimum Gasteiger partial charge on any atom is -0.483 e. The number of benzene rings is 1. The number of ether oxygens (including phenoxy) is 1. The Balaban J connectivity index is 0. The van der Waals surface area contributed by atoms with Crippen molar-refractivity contribution < 1.29 is 33.8 Å². The quantitative estimate of drug-likeness (QED) is 0.225. The van der Waals surface area contributed by atoms with Gasteiger partial charge in [-0.1, -0.05) is 69.4 Å². The highest BCUT2D eigenvalue weighted by molar-refractivity contribution is 5.81. The van der Waals surface area contributed by atoms with Crippen LogP contribution >= 0.6 is 0 Å². The maximum Gasteiger partial charge on any atom is 0.290 e. The van der Waals surface area contributed by atoms with Crippen LogP contribution in [0.5, 0.6) is 0 Å². The van der Waals surface area contributed by atoms with Gasteiger partial charge < -0.3 is 35.9 Å². The third-order valence-corrected chi connectivity index (χ3v) is 7.16. The first-order valence-electron chi connectivity index (χ1n) is 15.9. The van der Waals surface area contributed by atoms with Crippen LogP contribution in [0.2, 0.25) is 0 Å². The van der Waals surface area contributed by atoms with Crippen LogP contribution in [-0.4, -0.2) is 73.5 Å². The van der Waals surface area contributed by atoms with Gasteiger partial charge in [-0.15, -0.1) is 0 Å². The second kappa shape index (κ2) is 27.0. The third-order valence-electron chi connectivity index (χ3n) is 7.16. The lowest BCUT2D eigenvalue weighted by Gasteiger charge is -2.29. The van der Waals surface area contributed by atoms with Crippen LogP contribution in [0.3, 0.4) is 0 Å². The Labute approximate surface area is 271 Å². The summed E-state index contributed by atoms with van der Waals surface area (Å²) in [6, 6.07) is 10.7. The molecule has 0 bridgehead atoms. The first-order valence-corrected chi connectivity index (χ1v) is 15.9. The molecule has 1 aliphatic carbocycles. The SMILES string of the molecule is C=O.CC(CC1CCNC1=O)NC(=O)CNC=O.CC(NCc1ccccc1)C(C)OC(C)(C)C.CC1CCCCC1.O=CO. The van der Waals surface area contributed by atoms with Gasteiger partial charge in [0.2, 0.25) is 18.2 Å². The predicted molar refractivity (Wildman–Crippen MR) is 179 cm³/mol. The molecule has 45 heavy (non-hydrogen) atoms. The molecular weight excluding hydrogens is 576 g/mol. The number of amides is 3. The van der Waals surface area contributed by atoms with Crippen molar-refractivity contribution in [2.45, 2.75) is 124 Å². The van der Waals surface area contributed by atoms with Gasteiger partial charge in [0.1, 0.15) is 6.79 Å². The van der Waals surface area contributed by atoms with Gasteiger partial charge in [-0.3, -0.25) is 19.2 Å². The van der Waals surface area contributed by atoms with E-state index in [9.17, 15) is 14.4 Å². The fourth-order valence-electron chi connectivity index (χ4n) is 4.82. The molecule has 1 saturated heterocycles. The molecule has 0 spiro atoms. The van der Waals surface area contributed by atoms with E-state index in [-0.39, 0.29) is 48.5 Å². The summed E-state index contributed by atoms with van der Waals surface area (Å²) in [5, 5.41) is 18.1. The topological polar surface area (TPSA) is 163 Å². The second-order valence-electron chi connectivity index (χ2n) is 12.4. The van der Waals surface area contributed by atoms with Gasteiger partial charge in [-0.2, -0.15) is 0 Å². The van der Waals surface area contributed by atoms with Crippen LogP contribution in [-0.2, 0) is 35.3 Å². The molecule has 5 N–H and O–H groups in total. The molecule has 3 rings (SSSR count). The standard InChI is InChI=1S/C15H25NO.C10H17N3O3.C7H14.CH2O2.CH2O/c1-12(13(2)17-15(3,4)5)16-11-14-9-7-6-8-10-14;1-7(13-9(15)5-11-6-14)4-8-2-3-12-10(8)16;1-7-5-3-2-4-6-7;2-1-3;1-2/h6-10,12-13,16H,11H2,1-5H3;6-8H,2-5H2,1H3,(H,11,14)(H,12,16)(H,13,15);7H,2-6H2,1H3;1H,(H,2,3);1H2. The Morgan fingerprint density at radius 2 is 1.64 bits per heavy atom. The zero-order valence-corrected chi connectivity index (χ0v) is 28.6. The predicted octanol–water partition coefficient (Wildman–Crippen LogP) is 4.23. The number of hydrogen-bond donors (Lipinski definition) is 5. The van der Waals surface area contributed by atoms with Crippen LogP contribution in [0.1, 0.15) is 99.0 Å². The van der Waals surface area contributed by atoms with Crippen molar-refractivity contribution in [3.05, 3.63) is 35.9 Å². The monoisotopic (exact) mass is 636 g/mol. The van der Waals surface area contributed by atoms with Crippen molar-refractivity contribution in [2.75, 3.05) is 13.1 Å². The largest absolute Gasteiger partial charge is 0.483 e. The maximum absolute atomic E-state index is 11.3. The zero-order valence-electron chi connectivity index (χ0n) is 28.6. The smallest absolute Gasteiger partial charge is 0.290 e. The molecule has 2 fully saturated rings. The number of rotatable bonds is 11. The highest BCUT2D eigenvalue weighted by Gasteiger charge is 2.26. The Hall–Kier alpha value is -3.31. The normalized spacial score (nSPS) is 17.7. The van der Waals surface area contributed by atoms with E-state index in [0.29, 0.717) is 18.9 Å². The van der Waals surface area contributed by atoms with Crippen molar-refractivity contribution in [2.24, 2.45) is 11.8 Å². The molecule has 0 aromatic heterocycles. The van der Waals surface area contributed by atoms with E-state index >= 15 is 0 Å². The maximum atomic E-state index is 11.3. The van der Waals surface area contributed by atoms with Gasteiger partial charge in [0.15, 0.2) is 0 Å². The van der Waals surface area contributed by atoms with Gasteiger partial charge in [-0.05, 0) is 65.9 Å². The van der Waals surface area contributed by atoms with Crippen molar-refractivity contribution in [1.29, 1.82) is 0 Å². The third kappa shape index (κ3) is 25.7. The van der Waals surface area contributed by atoms with Gasteiger partial charge in [0.25, 0.3) is 6.47 Å². The van der Waals surface area contributed by atoms with Crippen LogP contribution in [0.15, 0.2) is 30.3 Å². The summed E-state index contributed by atoms with van der Waals surface area (Å²) < 4.78 is 5.93. The van der Waals surface area contributed by atoms with E-state index in [0.717, 1.165) is 25.4 Å². The molecule has 3 amide bonds. The Morgan fingerprint density at radius 1 is 1.07 bits per heavy atom. The summed E-state index contributed by atoms with van der Waals surface area (Å²) in [7, 11) is 0. The van der Waals surface area contributed by atoms with E-state index in [4.69, 9.17) is 19.4 Å².